The molecule has 1 atom stereocenters. The molecule has 1 aromatic heterocycles. The molecule has 1 unspecified atom stereocenters. The summed E-state index contributed by atoms with van der Waals surface area (Å²) in [6, 6.07) is 0. The minimum atomic E-state index is 0.0569. The average molecular weight is 242 g/mol. The van der Waals surface area contributed by atoms with Crippen molar-refractivity contribution in [2.24, 2.45) is 11.1 Å². The van der Waals surface area contributed by atoms with Crippen LogP contribution in [0, 0.1) is 12.3 Å². The summed E-state index contributed by atoms with van der Waals surface area (Å²) in [6.45, 7) is 11.8. The second-order valence-corrected chi connectivity index (χ2v) is 6.08. The molecule has 16 heavy (non-hydrogen) atoms. The van der Waals surface area contributed by atoms with Crippen LogP contribution in [0.4, 0.5) is 0 Å². The number of hydrogen-bond donors (Lipinski definition) is 1. The van der Waals surface area contributed by atoms with Crippen LogP contribution in [-0.2, 0) is 11.3 Å². The van der Waals surface area contributed by atoms with Crippen LogP contribution in [0.15, 0.2) is 0 Å². The molecule has 92 valence electrons. The van der Waals surface area contributed by atoms with Crippen LogP contribution in [0.1, 0.15) is 49.4 Å². The summed E-state index contributed by atoms with van der Waals surface area (Å²) in [5.41, 5.74) is 6.78. The third-order valence-electron chi connectivity index (χ3n) is 2.44. The largest absolute Gasteiger partial charge is 0.371 e. The van der Waals surface area contributed by atoms with Gasteiger partial charge in [-0.1, -0.05) is 20.8 Å². The van der Waals surface area contributed by atoms with E-state index in [9.17, 15) is 0 Å². The van der Waals surface area contributed by atoms with Gasteiger partial charge in [0.1, 0.15) is 11.1 Å². The lowest BCUT2D eigenvalue weighted by Crippen LogP contribution is -2.21. The van der Waals surface area contributed by atoms with Crippen LogP contribution in [0.2, 0.25) is 0 Å². The second-order valence-electron chi connectivity index (χ2n) is 4.97. The van der Waals surface area contributed by atoms with E-state index in [1.54, 1.807) is 11.3 Å². The fourth-order valence-electron chi connectivity index (χ4n) is 1.61. The molecular formula is C12H22N2OS. The molecule has 2 N–H and O–H groups in total. The van der Waals surface area contributed by atoms with Crippen molar-refractivity contribution in [3.8, 4) is 0 Å². The fraction of sp³-hybridized carbons (Fsp3) is 0.750. The molecule has 0 aliphatic heterocycles. The first-order valence-corrected chi connectivity index (χ1v) is 6.49. The molecule has 0 amide bonds. The fourth-order valence-corrected chi connectivity index (χ4v) is 2.85. The molecule has 3 nitrogen and oxygen atoms in total. The third kappa shape index (κ3) is 3.03. The van der Waals surface area contributed by atoms with Gasteiger partial charge in [0, 0.05) is 18.0 Å². The zero-order chi connectivity index (χ0) is 12.3. The van der Waals surface area contributed by atoms with E-state index in [-0.39, 0.29) is 11.5 Å². The Bertz CT molecular complexity index is 341. The van der Waals surface area contributed by atoms with Crippen LogP contribution >= 0.6 is 11.3 Å². The summed E-state index contributed by atoms with van der Waals surface area (Å²) in [5, 5.41) is 1.05. The highest BCUT2D eigenvalue weighted by molar-refractivity contribution is 7.11. The van der Waals surface area contributed by atoms with E-state index in [1.807, 2.05) is 13.8 Å². The third-order valence-corrected chi connectivity index (χ3v) is 3.66. The van der Waals surface area contributed by atoms with Gasteiger partial charge in [-0.25, -0.2) is 4.98 Å². The number of hydrogen-bond acceptors (Lipinski definition) is 4. The lowest BCUT2D eigenvalue weighted by Gasteiger charge is -2.28. The Morgan fingerprint density at radius 3 is 2.44 bits per heavy atom. The number of ether oxygens (including phenoxy) is 1. The van der Waals surface area contributed by atoms with Gasteiger partial charge in [-0.2, -0.15) is 0 Å². The van der Waals surface area contributed by atoms with Gasteiger partial charge >= 0.3 is 0 Å². The molecule has 0 fully saturated rings. The molecule has 0 saturated heterocycles. The van der Waals surface area contributed by atoms with E-state index in [2.05, 4.69) is 25.8 Å². The highest BCUT2D eigenvalue weighted by atomic mass is 32.1. The van der Waals surface area contributed by atoms with Gasteiger partial charge < -0.3 is 10.5 Å². The molecule has 1 heterocycles. The maximum atomic E-state index is 5.81. The first kappa shape index (κ1) is 13.6. The predicted octanol–water partition coefficient (Wildman–Crippen LogP) is 3.03. The molecule has 0 radical (unpaired) electrons. The van der Waals surface area contributed by atoms with Crippen molar-refractivity contribution in [1.29, 1.82) is 0 Å². The smallest absolute Gasteiger partial charge is 0.123 e. The summed E-state index contributed by atoms with van der Waals surface area (Å²) in [6.07, 6.45) is 0.0569. The molecule has 0 aliphatic rings. The lowest BCUT2D eigenvalue weighted by atomic mass is 9.89. The lowest BCUT2D eigenvalue weighted by molar-refractivity contribution is -0.0134. The van der Waals surface area contributed by atoms with Crippen molar-refractivity contribution in [2.75, 3.05) is 6.61 Å². The van der Waals surface area contributed by atoms with Crippen LogP contribution in [-0.4, -0.2) is 11.6 Å². The van der Waals surface area contributed by atoms with Gasteiger partial charge in [-0.15, -0.1) is 11.3 Å². The summed E-state index contributed by atoms with van der Waals surface area (Å²) < 4.78 is 5.81. The van der Waals surface area contributed by atoms with Crippen LogP contribution in [0.5, 0.6) is 0 Å². The van der Waals surface area contributed by atoms with Gasteiger partial charge in [0.15, 0.2) is 0 Å². The standard InChI is InChI=1S/C12H22N2OS/c1-6-15-10(12(3,4)5)11-14-8(2)9(7-13)16-11/h10H,6-7,13H2,1-5H3. The molecule has 1 aromatic rings. The van der Waals surface area contributed by atoms with Gasteiger partial charge in [-0.3, -0.25) is 0 Å². The Morgan fingerprint density at radius 1 is 1.44 bits per heavy atom. The average Bonchev–Trinajstić information content (AvgIpc) is 2.53. The van der Waals surface area contributed by atoms with Gasteiger partial charge in [0.2, 0.25) is 0 Å². The monoisotopic (exact) mass is 242 g/mol. The minimum Gasteiger partial charge on any atom is -0.371 e. The van der Waals surface area contributed by atoms with E-state index in [4.69, 9.17) is 10.5 Å². The first-order valence-electron chi connectivity index (χ1n) is 5.68. The highest BCUT2D eigenvalue weighted by Gasteiger charge is 2.29. The van der Waals surface area contributed by atoms with Crippen molar-refractivity contribution in [3.63, 3.8) is 0 Å². The van der Waals surface area contributed by atoms with Gasteiger partial charge in [0.25, 0.3) is 0 Å². The summed E-state index contributed by atoms with van der Waals surface area (Å²) in [7, 11) is 0. The number of nitrogens with zero attached hydrogens (tertiary/aromatic N) is 1. The number of aryl methyl sites for hydroxylation is 1. The zero-order valence-electron chi connectivity index (χ0n) is 10.8. The topological polar surface area (TPSA) is 48.1 Å². The van der Waals surface area contributed by atoms with Gasteiger partial charge in [0.05, 0.1) is 5.69 Å². The maximum absolute atomic E-state index is 5.81. The zero-order valence-corrected chi connectivity index (χ0v) is 11.6. The first-order chi connectivity index (χ1) is 7.40. The number of thiazole rings is 1. The minimum absolute atomic E-state index is 0.0569. The van der Waals surface area contributed by atoms with Crippen molar-refractivity contribution in [1.82, 2.24) is 4.98 Å². The van der Waals surface area contributed by atoms with Crippen molar-refractivity contribution < 1.29 is 4.74 Å². The van der Waals surface area contributed by atoms with E-state index in [1.165, 1.54) is 0 Å². The Hall–Kier alpha value is -0.450. The SMILES string of the molecule is CCOC(c1nc(C)c(CN)s1)C(C)(C)C. The van der Waals surface area contributed by atoms with Crippen molar-refractivity contribution in [3.05, 3.63) is 15.6 Å². The van der Waals surface area contributed by atoms with Gasteiger partial charge in [-0.05, 0) is 19.3 Å². The maximum Gasteiger partial charge on any atom is 0.123 e. The Labute approximate surface area is 102 Å². The predicted molar refractivity (Wildman–Crippen MR) is 68.6 cm³/mol. The van der Waals surface area contributed by atoms with Crippen molar-refractivity contribution >= 4 is 11.3 Å². The molecular weight excluding hydrogens is 220 g/mol. The van der Waals surface area contributed by atoms with E-state index in [0.29, 0.717) is 13.2 Å². The molecule has 4 heteroatoms. The molecule has 0 aliphatic carbocycles. The number of nitrogens with two attached hydrogens (primary N) is 1. The summed E-state index contributed by atoms with van der Waals surface area (Å²) in [4.78, 5) is 5.74. The van der Waals surface area contributed by atoms with E-state index < -0.39 is 0 Å². The molecule has 0 spiro atoms. The Morgan fingerprint density at radius 2 is 2.06 bits per heavy atom. The molecule has 1 rings (SSSR count). The number of rotatable bonds is 4. The van der Waals surface area contributed by atoms with Crippen LogP contribution in [0.3, 0.4) is 0 Å². The highest BCUT2D eigenvalue weighted by Crippen LogP contribution is 2.38. The van der Waals surface area contributed by atoms with Crippen LogP contribution < -0.4 is 5.73 Å². The number of aromatic nitrogens is 1. The quantitative estimate of drug-likeness (QED) is 0.883. The normalized spacial score (nSPS) is 14.1. The van der Waals surface area contributed by atoms with E-state index >= 15 is 0 Å². The Kier molecular flexibility index (Phi) is 4.47. The molecule has 0 bridgehead atoms. The van der Waals surface area contributed by atoms with E-state index in [0.717, 1.165) is 15.6 Å². The summed E-state index contributed by atoms with van der Waals surface area (Å²) >= 11 is 1.67. The molecule has 0 aromatic carbocycles. The summed E-state index contributed by atoms with van der Waals surface area (Å²) in [5.74, 6) is 0. The second kappa shape index (κ2) is 5.25. The molecule has 0 saturated carbocycles. The van der Waals surface area contributed by atoms with Crippen molar-refractivity contribution in [2.45, 2.75) is 47.3 Å². The van der Waals surface area contributed by atoms with Crippen LogP contribution in [0.25, 0.3) is 0 Å². The Balaban J connectivity index is 3.01.